The molecule has 0 saturated carbocycles. The first-order valence-corrected chi connectivity index (χ1v) is 8.01. The summed E-state index contributed by atoms with van der Waals surface area (Å²) in [4.78, 5) is 23.3. The Morgan fingerprint density at radius 2 is 1.62 bits per heavy atom. The molecule has 0 fully saturated rings. The minimum Gasteiger partial charge on any atom is -0.374 e. The third kappa shape index (κ3) is 4.88. The SMILES string of the molecule is CC(=O)Nc1ccc(NC(C)C(=O)Nc2ccccc2Cl)cc1Cl. The lowest BCUT2D eigenvalue weighted by Crippen LogP contribution is -2.31. The maximum absolute atomic E-state index is 12.2. The number of nitrogens with one attached hydrogen (secondary N) is 3. The van der Waals surface area contributed by atoms with E-state index in [2.05, 4.69) is 16.0 Å². The zero-order valence-corrected chi connectivity index (χ0v) is 14.7. The molecule has 2 aromatic carbocycles. The third-order valence-electron chi connectivity index (χ3n) is 3.19. The third-order valence-corrected chi connectivity index (χ3v) is 3.83. The van der Waals surface area contributed by atoms with Crippen molar-refractivity contribution in [1.82, 2.24) is 0 Å². The first-order chi connectivity index (χ1) is 11.4. The lowest BCUT2D eigenvalue weighted by molar-refractivity contribution is -0.116. The van der Waals surface area contributed by atoms with E-state index < -0.39 is 6.04 Å². The molecule has 0 aromatic heterocycles. The van der Waals surface area contributed by atoms with Gasteiger partial charge in [-0.25, -0.2) is 0 Å². The molecule has 2 amide bonds. The number of carbonyl (C=O) groups is 2. The molecule has 1 unspecified atom stereocenters. The van der Waals surface area contributed by atoms with Gasteiger partial charge >= 0.3 is 0 Å². The monoisotopic (exact) mass is 365 g/mol. The van der Waals surface area contributed by atoms with E-state index in [1.165, 1.54) is 6.92 Å². The molecule has 0 aliphatic rings. The summed E-state index contributed by atoms with van der Waals surface area (Å²) in [6, 6.07) is 11.6. The molecule has 0 bridgehead atoms. The highest BCUT2D eigenvalue weighted by molar-refractivity contribution is 6.34. The molecule has 0 aliphatic heterocycles. The average Bonchev–Trinajstić information content (AvgIpc) is 2.52. The van der Waals surface area contributed by atoms with Gasteiger partial charge in [-0.05, 0) is 37.3 Å². The summed E-state index contributed by atoms with van der Waals surface area (Å²) < 4.78 is 0. The molecule has 24 heavy (non-hydrogen) atoms. The van der Waals surface area contributed by atoms with Crippen molar-refractivity contribution in [2.24, 2.45) is 0 Å². The highest BCUT2D eigenvalue weighted by Crippen LogP contribution is 2.26. The molecule has 2 rings (SSSR count). The molecule has 1 atom stereocenters. The predicted octanol–water partition coefficient (Wildman–Crippen LogP) is 4.39. The van der Waals surface area contributed by atoms with Gasteiger partial charge in [0.25, 0.3) is 0 Å². The van der Waals surface area contributed by atoms with Crippen LogP contribution in [0.1, 0.15) is 13.8 Å². The fourth-order valence-corrected chi connectivity index (χ4v) is 2.43. The number of halogens is 2. The Bertz CT molecular complexity index is 765. The van der Waals surface area contributed by atoms with Crippen molar-refractivity contribution in [1.29, 1.82) is 0 Å². The molecule has 0 aliphatic carbocycles. The minimum atomic E-state index is -0.510. The number of rotatable bonds is 5. The van der Waals surface area contributed by atoms with Crippen molar-refractivity contribution >= 4 is 52.1 Å². The van der Waals surface area contributed by atoms with Gasteiger partial charge in [0.05, 0.1) is 21.4 Å². The van der Waals surface area contributed by atoms with Crippen LogP contribution in [-0.2, 0) is 9.59 Å². The van der Waals surface area contributed by atoms with Gasteiger partial charge in [-0.3, -0.25) is 9.59 Å². The van der Waals surface area contributed by atoms with Gasteiger partial charge in [0, 0.05) is 12.6 Å². The number of anilines is 3. The van der Waals surface area contributed by atoms with Gasteiger partial charge in [0.2, 0.25) is 11.8 Å². The first kappa shape index (κ1) is 18.1. The van der Waals surface area contributed by atoms with Crippen LogP contribution in [0.25, 0.3) is 0 Å². The van der Waals surface area contributed by atoms with E-state index in [0.717, 1.165) is 0 Å². The van der Waals surface area contributed by atoms with Crippen LogP contribution in [0, 0.1) is 0 Å². The topological polar surface area (TPSA) is 70.2 Å². The molecule has 3 N–H and O–H groups in total. The quantitative estimate of drug-likeness (QED) is 0.735. The van der Waals surface area contributed by atoms with Gasteiger partial charge in [-0.1, -0.05) is 35.3 Å². The predicted molar refractivity (Wildman–Crippen MR) is 98.9 cm³/mol. The van der Waals surface area contributed by atoms with E-state index in [4.69, 9.17) is 23.2 Å². The van der Waals surface area contributed by atoms with Gasteiger partial charge in [-0.2, -0.15) is 0 Å². The van der Waals surface area contributed by atoms with E-state index in [9.17, 15) is 9.59 Å². The Kier molecular flexibility index (Phi) is 6.06. The highest BCUT2D eigenvalue weighted by atomic mass is 35.5. The van der Waals surface area contributed by atoms with Crippen LogP contribution < -0.4 is 16.0 Å². The van der Waals surface area contributed by atoms with Crippen LogP contribution in [-0.4, -0.2) is 17.9 Å². The van der Waals surface area contributed by atoms with Gasteiger partial charge in [0.1, 0.15) is 6.04 Å². The van der Waals surface area contributed by atoms with Crippen molar-refractivity contribution < 1.29 is 9.59 Å². The number of amides is 2. The Morgan fingerprint density at radius 3 is 2.25 bits per heavy atom. The van der Waals surface area contributed by atoms with E-state index in [0.29, 0.717) is 27.1 Å². The summed E-state index contributed by atoms with van der Waals surface area (Å²) in [6.45, 7) is 3.13. The summed E-state index contributed by atoms with van der Waals surface area (Å²) in [6.07, 6.45) is 0. The Labute approximate surface area is 150 Å². The largest absolute Gasteiger partial charge is 0.374 e. The Balaban J connectivity index is 2.02. The molecule has 126 valence electrons. The molecular formula is C17H17Cl2N3O2. The Hall–Kier alpha value is -2.24. The lowest BCUT2D eigenvalue weighted by atomic mass is 10.2. The summed E-state index contributed by atoms with van der Waals surface area (Å²) in [5.74, 6) is -0.435. The zero-order chi connectivity index (χ0) is 17.7. The van der Waals surface area contributed by atoms with Crippen molar-refractivity contribution in [2.75, 3.05) is 16.0 Å². The van der Waals surface area contributed by atoms with Crippen molar-refractivity contribution in [3.05, 3.63) is 52.5 Å². The highest BCUT2D eigenvalue weighted by Gasteiger charge is 2.14. The standard InChI is InChI=1S/C17H17Cl2N3O2/c1-10(17(24)22-15-6-4-3-5-13(15)18)20-12-7-8-16(14(19)9-12)21-11(2)23/h3-10,20H,1-2H3,(H,21,23)(H,22,24). The summed E-state index contributed by atoms with van der Waals surface area (Å²) in [7, 11) is 0. The number of hydrogen-bond donors (Lipinski definition) is 3. The van der Waals surface area contributed by atoms with Gasteiger partial charge < -0.3 is 16.0 Å². The average molecular weight is 366 g/mol. The molecule has 7 heteroatoms. The summed E-state index contributed by atoms with van der Waals surface area (Å²) >= 11 is 12.1. The molecular weight excluding hydrogens is 349 g/mol. The van der Waals surface area contributed by atoms with Crippen LogP contribution in [0.15, 0.2) is 42.5 Å². The zero-order valence-electron chi connectivity index (χ0n) is 13.2. The molecule has 0 spiro atoms. The van der Waals surface area contributed by atoms with Crippen molar-refractivity contribution in [2.45, 2.75) is 19.9 Å². The normalized spacial score (nSPS) is 11.5. The number of carbonyl (C=O) groups excluding carboxylic acids is 2. The first-order valence-electron chi connectivity index (χ1n) is 7.26. The van der Waals surface area contributed by atoms with E-state index in [1.807, 2.05) is 0 Å². The molecule has 5 nitrogen and oxygen atoms in total. The van der Waals surface area contributed by atoms with Crippen LogP contribution in [0.5, 0.6) is 0 Å². The van der Waals surface area contributed by atoms with E-state index in [1.54, 1.807) is 49.4 Å². The van der Waals surface area contributed by atoms with E-state index >= 15 is 0 Å². The minimum absolute atomic E-state index is 0.204. The second kappa shape index (κ2) is 8.04. The Morgan fingerprint density at radius 1 is 0.958 bits per heavy atom. The maximum atomic E-state index is 12.2. The molecule has 2 aromatic rings. The van der Waals surface area contributed by atoms with Crippen LogP contribution in [0.4, 0.5) is 17.1 Å². The fourth-order valence-electron chi connectivity index (χ4n) is 2.02. The molecule has 0 radical (unpaired) electrons. The van der Waals surface area contributed by atoms with Crippen LogP contribution in [0.2, 0.25) is 10.0 Å². The van der Waals surface area contributed by atoms with Gasteiger partial charge in [-0.15, -0.1) is 0 Å². The van der Waals surface area contributed by atoms with Crippen LogP contribution >= 0.6 is 23.2 Å². The second-order valence-corrected chi connectivity index (χ2v) is 6.03. The van der Waals surface area contributed by atoms with Crippen molar-refractivity contribution in [3.8, 4) is 0 Å². The molecule has 0 saturated heterocycles. The lowest BCUT2D eigenvalue weighted by Gasteiger charge is -2.16. The smallest absolute Gasteiger partial charge is 0.246 e. The van der Waals surface area contributed by atoms with Crippen LogP contribution in [0.3, 0.4) is 0 Å². The summed E-state index contributed by atoms with van der Waals surface area (Å²) in [5, 5.41) is 9.29. The maximum Gasteiger partial charge on any atom is 0.246 e. The van der Waals surface area contributed by atoms with E-state index in [-0.39, 0.29) is 11.8 Å². The fraction of sp³-hybridized carbons (Fsp3) is 0.176. The van der Waals surface area contributed by atoms with Gasteiger partial charge in [0.15, 0.2) is 0 Å². The summed E-state index contributed by atoms with van der Waals surface area (Å²) in [5.41, 5.74) is 1.73. The molecule has 0 heterocycles. The van der Waals surface area contributed by atoms with Crippen molar-refractivity contribution in [3.63, 3.8) is 0 Å². The number of benzene rings is 2. The number of para-hydroxylation sites is 1. The second-order valence-electron chi connectivity index (χ2n) is 5.21. The number of hydrogen-bond acceptors (Lipinski definition) is 3.